The van der Waals surface area contributed by atoms with E-state index in [1.165, 1.54) is 0 Å². The van der Waals surface area contributed by atoms with E-state index < -0.39 is 0 Å². The van der Waals surface area contributed by atoms with Crippen molar-refractivity contribution in [1.29, 1.82) is 0 Å². The van der Waals surface area contributed by atoms with E-state index in [-0.39, 0.29) is 5.78 Å². The third kappa shape index (κ3) is 3.81. The summed E-state index contributed by atoms with van der Waals surface area (Å²) in [5, 5.41) is 0. The topological polar surface area (TPSA) is 32.8 Å². The molecule has 4 nitrogen and oxygen atoms in total. The van der Waals surface area contributed by atoms with Crippen LogP contribution in [0.15, 0.2) is 18.2 Å². The predicted octanol–water partition coefficient (Wildman–Crippen LogP) is 2.04. The van der Waals surface area contributed by atoms with Gasteiger partial charge in [0.1, 0.15) is 5.75 Å². The van der Waals surface area contributed by atoms with Gasteiger partial charge in [0.15, 0.2) is 5.78 Å². The van der Waals surface area contributed by atoms with Crippen LogP contribution in [0.25, 0.3) is 0 Å². The van der Waals surface area contributed by atoms with E-state index in [1.54, 1.807) is 6.92 Å². The zero-order valence-corrected chi connectivity index (χ0v) is 12.7. The smallest absolute Gasteiger partial charge is 0.159 e. The van der Waals surface area contributed by atoms with Crippen molar-refractivity contribution >= 4 is 5.78 Å². The lowest BCUT2D eigenvalue weighted by molar-refractivity contribution is 0.101. The highest BCUT2D eigenvalue weighted by Gasteiger charge is 2.16. The molecule has 1 heterocycles. The molecule has 1 aromatic carbocycles. The van der Waals surface area contributed by atoms with Crippen LogP contribution in [0.1, 0.15) is 29.8 Å². The number of Topliss-reactive ketones (excluding diaryl/α,β-unsaturated/α-hetero) is 1. The number of likely N-dealkylation sites (N-methyl/N-ethyl adjacent to an activating group) is 1. The monoisotopic (exact) mass is 276 g/mol. The molecule has 0 spiro atoms. The van der Waals surface area contributed by atoms with Crippen molar-refractivity contribution in [2.75, 3.05) is 39.8 Å². The van der Waals surface area contributed by atoms with Crippen molar-refractivity contribution in [3.8, 4) is 5.75 Å². The van der Waals surface area contributed by atoms with E-state index in [2.05, 4.69) is 16.8 Å². The van der Waals surface area contributed by atoms with E-state index in [4.69, 9.17) is 4.74 Å². The number of nitrogens with zero attached hydrogens (tertiary/aromatic N) is 2. The average Bonchev–Trinajstić information content (AvgIpc) is 2.43. The molecule has 0 radical (unpaired) electrons. The fourth-order valence-corrected chi connectivity index (χ4v) is 2.47. The van der Waals surface area contributed by atoms with Gasteiger partial charge in [0.05, 0.1) is 6.61 Å². The Balaban J connectivity index is 2.14. The molecule has 0 aromatic heterocycles. The van der Waals surface area contributed by atoms with E-state index in [9.17, 15) is 4.79 Å². The van der Waals surface area contributed by atoms with Gasteiger partial charge in [-0.25, -0.2) is 0 Å². The van der Waals surface area contributed by atoms with Crippen LogP contribution in [0.4, 0.5) is 0 Å². The SMILES string of the molecule is CCOc1ccc(C(C)=O)cc1CN1CCN(C)CC1. The normalized spacial score (nSPS) is 17.1. The van der Waals surface area contributed by atoms with Crippen molar-refractivity contribution in [2.45, 2.75) is 20.4 Å². The van der Waals surface area contributed by atoms with Crippen LogP contribution >= 0.6 is 0 Å². The number of ether oxygens (including phenoxy) is 1. The molecule has 4 heteroatoms. The second kappa shape index (κ2) is 6.86. The molecule has 0 unspecified atom stereocenters. The first-order chi connectivity index (χ1) is 9.60. The van der Waals surface area contributed by atoms with Crippen LogP contribution in [-0.4, -0.2) is 55.4 Å². The van der Waals surface area contributed by atoms with Crippen LogP contribution in [0.2, 0.25) is 0 Å². The molecule has 0 amide bonds. The number of hydrogen-bond donors (Lipinski definition) is 0. The lowest BCUT2D eigenvalue weighted by Gasteiger charge is -2.32. The minimum atomic E-state index is 0.104. The van der Waals surface area contributed by atoms with Crippen LogP contribution in [-0.2, 0) is 6.54 Å². The van der Waals surface area contributed by atoms with Gasteiger partial charge in [-0.2, -0.15) is 0 Å². The average molecular weight is 276 g/mol. The van der Waals surface area contributed by atoms with Gasteiger partial charge in [0, 0.05) is 43.9 Å². The molecule has 2 rings (SSSR count). The molecule has 1 saturated heterocycles. The Morgan fingerprint density at radius 1 is 1.25 bits per heavy atom. The molecule has 0 saturated carbocycles. The quantitative estimate of drug-likeness (QED) is 0.771. The summed E-state index contributed by atoms with van der Waals surface area (Å²) in [5.41, 5.74) is 1.88. The van der Waals surface area contributed by atoms with Gasteiger partial charge in [0.2, 0.25) is 0 Å². The second-order valence-corrected chi connectivity index (χ2v) is 5.39. The highest BCUT2D eigenvalue weighted by molar-refractivity contribution is 5.94. The number of carbonyl (C=O) groups is 1. The summed E-state index contributed by atoms with van der Waals surface area (Å²) in [7, 11) is 2.15. The number of benzene rings is 1. The Labute approximate surface area is 121 Å². The number of carbonyl (C=O) groups excluding carboxylic acids is 1. The van der Waals surface area contributed by atoms with Gasteiger partial charge >= 0.3 is 0 Å². The molecule has 1 aliphatic heterocycles. The molecule has 0 atom stereocenters. The van der Waals surface area contributed by atoms with E-state index in [1.807, 2.05) is 25.1 Å². The summed E-state index contributed by atoms with van der Waals surface area (Å²) in [6.45, 7) is 9.40. The lowest BCUT2D eigenvalue weighted by Crippen LogP contribution is -2.43. The molecule has 1 aromatic rings. The first-order valence-corrected chi connectivity index (χ1v) is 7.27. The molecule has 0 bridgehead atoms. The van der Waals surface area contributed by atoms with Gasteiger partial charge < -0.3 is 9.64 Å². The van der Waals surface area contributed by atoms with E-state index in [0.29, 0.717) is 6.61 Å². The summed E-state index contributed by atoms with van der Waals surface area (Å²) < 4.78 is 5.69. The highest BCUT2D eigenvalue weighted by atomic mass is 16.5. The van der Waals surface area contributed by atoms with Crippen LogP contribution in [0.5, 0.6) is 5.75 Å². The zero-order chi connectivity index (χ0) is 14.5. The van der Waals surface area contributed by atoms with Crippen molar-refractivity contribution < 1.29 is 9.53 Å². The number of rotatable bonds is 5. The van der Waals surface area contributed by atoms with Gasteiger partial charge in [-0.15, -0.1) is 0 Å². The fourth-order valence-electron chi connectivity index (χ4n) is 2.47. The van der Waals surface area contributed by atoms with Crippen molar-refractivity contribution in [1.82, 2.24) is 9.80 Å². The van der Waals surface area contributed by atoms with Crippen molar-refractivity contribution in [3.63, 3.8) is 0 Å². The molecule has 1 aliphatic rings. The summed E-state index contributed by atoms with van der Waals surface area (Å²) in [4.78, 5) is 16.3. The molecule has 20 heavy (non-hydrogen) atoms. The third-order valence-electron chi connectivity index (χ3n) is 3.76. The standard InChI is InChI=1S/C16H24N2O2/c1-4-20-16-6-5-14(13(2)19)11-15(16)12-18-9-7-17(3)8-10-18/h5-6,11H,4,7-10,12H2,1-3H3. The summed E-state index contributed by atoms with van der Waals surface area (Å²) >= 11 is 0. The molecular weight excluding hydrogens is 252 g/mol. The van der Waals surface area contributed by atoms with Crippen LogP contribution in [0, 0.1) is 0 Å². The van der Waals surface area contributed by atoms with E-state index in [0.717, 1.165) is 49.6 Å². The maximum Gasteiger partial charge on any atom is 0.159 e. The van der Waals surface area contributed by atoms with Gasteiger partial charge in [0.25, 0.3) is 0 Å². The maximum absolute atomic E-state index is 11.5. The maximum atomic E-state index is 11.5. The molecular formula is C16H24N2O2. The Morgan fingerprint density at radius 2 is 1.95 bits per heavy atom. The molecule has 110 valence electrons. The summed E-state index contributed by atoms with van der Waals surface area (Å²) in [6.07, 6.45) is 0. The largest absolute Gasteiger partial charge is 0.494 e. The van der Waals surface area contributed by atoms with Crippen LogP contribution < -0.4 is 4.74 Å². The predicted molar refractivity (Wildman–Crippen MR) is 80.4 cm³/mol. The lowest BCUT2D eigenvalue weighted by atomic mass is 10.1. The zero-order valence-electron chi connectivity index (χ0n) is 12.7. The Morgan fingerprint density at radius 3 is 2.55 bits per heavy atom. The van der Waals surface area contributed by atoms with Gasteiger partial charge in [-0.3, -0.25) is 9.69 Å². The second-order valence-electron chi connectivity index (χ2n) is 5.39. The molecule has 0 aliphatic carbocycles. The molecule has 0 N–H and O–H groups in total. The van der Waals surface area contributed by atoms with Crippen molar-refractivity contribution in [3.05, 3.63) is 29.3 Å². The third-order valence-corrected chi connectivity index (χ3v) is 3.76. The van der Waals surface area contributed by atoms with E-state index >= 15 is 0 Å². The van der Waals surface area contributed by atoms with Crippen LogP contribution in [0.3, 0.4) is 0 Å². The first kappa shape index (κ1) is 15.0. The molecule has 1 fully saturated rings. The summed E-state index contributed by atoms with van der Waals surface area (Å²) in [6, 6.07) is 5.75. The highest BCUT2D eigenvalue weighted by Crippen LogP contribution is 2.23. The van der Waals surface area contributed by atoms with Gasteiger partial charge in [-0.1, -0.05) is 0 Å². The Hall–Kier alpha value is -1.39. The van der Waals surface area contributed by atoms with Gasteiger partial charge in [-0.05, 0) is 39.1 Å². The first-order valence-electron chi connectivity index (χ1n) is 7.27. The fraction of sp³-hybridized carbons (Fsp3) is 0.562. The Kier molecular flexibility index (Phi) is 5.15. The summed E-state index contributed by atoms with van der Waals surface area (Å²) in [5.74, 6) is 1.00. The van der Waals surface area contributed by atoms with Crippen molar-refractivity contribution in [2.24, 2.45) is 0 Å². The number of hydrogen-bond acceptors (Lipinski definition) is 4. The number of piperazine rings is 1. The Bertz CT molecular complexity index is 466. The minimum absolute atomic E-state index is 0.104. The number of ketones is 1. The minimum Gasteiger partial charge on any atom is -0.494 e.